The van der Waals surface area contributed by atoms with Crippen molar-refractivity contribution in [3.8, 4) is 11.5 Å². The Morgan fingerprint density at radius 2 is 1.54 bits per heavy atom. The van der Waals surface area contributed by atoms with Gasteiger partial charge in [0.25, 0.3) is 0 Å². The van der Waals surface area contributed by atoms with Crippen molar-refractivity contribution in [2.45, 2.75) is 17.9 Å². The van der Waals surface area contributed by atoms with E-state index in [9.17, 15) is 8.42 Å². The van der Waals surface area contributed by atoms with Crippen molar-refractivity contribution < 1.29 is 17.9 Å². The van der Waals surface area contributed by atoms with Gasteiger partial charge >= 0.3 is 0 Å². The lowest BCUT2D eigenvalue weighted by molar-refractivity contribution is 0.354. The van der Waals surface area contributed by atoms with Gasteiger partial charge in [-0.05, 0) is 47.5 Å². The minimum Gasteiger partial charge on any atom is -0.493 e. The number of hydrogen-bond acceptors (Lipinski definition) is 4. The summed E-state index contributed by atoms with van der Waals surface area (Å²) in [6.45, 7) is 1.79. The van der Waals surface area contributed by atoms with Crippen LogP contribution in [0.2, 0.25) is 0 Å². The van der Waals surface area contributed by atoms with E-state index in [1.165, 1.54) is 0 Å². The SMILES string of the molecule is COc1ccc([C@H](C)NS(=O)(=O)c2ccc3ccccc3c2)cc1OC. The third-order valence-corrected chi connectivity index (χ3v) is 5.81. The van der Waals surface area contributed by atoms with Crippen LogP contribution in [0.15, 0.2) is 65.6 Å². The van der Waals surface area contributed by atoms with Gasteiger partial charge in [-0.2, -0.15) is 0 Å². The lowest BCUT2D eigenvalue weighted by atomic mass is 10.1. The molecule has 1 atom stereocenters. The predicted molar refractivity (Wildman–Crippen MR) is 102 cm³/mol. The first-order valence-electron chi connectivity index (χ1n) is 8.17. The second-order valence-corrected chi connectivity index (χ2v) is 7.68. The maximum Gasteiger partial charge on any atom is 0.241 e. The molecule has 0 radical (unpaired) electrons. The van der Waals surface area contributed by atoms with E-state index < -0.39 is 16.1 Å². The first kappa shape index (κ1) is 18.2. The highest BCUT2D eigenvalue weighted by Crippen LogP contribution is 2.30. The number of ether oxygens (including phenoxy) is 2. The second kappa shape index (κ2) is 7.35. The molecule has 1 N–H and O–H groups in total. The second-order valence-electron chi connectivity index (χ2n) is 5.97. The van der Waals surface area contributed by atoms with Crippen LogP contribution >= 0.6 is 0 Å². The Hall–Kier alpha value is -2.57. The minimum absolute atomic E-state index is 0.239. The van der Waals surface area contributed by atoms with Gasteiger partial charge in [0.1, 0.15) is 0 Å². The van der Waals surface area contributed by atoms with Crippen molar-refractivity contribution in [1.82, 2.24) is 4.72 Å². The fourth-order valence-corrected chi connectivity index (χ4v) is 4.09. The van der Waals surface area contributed by atoms with Gasteiger partial charge in [0.15, 0.2) is 11.5 Å². The molecule has 6 heteroatoms. The van der Waals surface area contributed by atoms with Crippen LogP contribution in [0.1, 0.15) is 18.5 Å². The first-order chi connectivity index (χ1) is 12.4. The van der Waals surface area contributed by atoms with Gasteiger partial charge < -0.3 is 9.47 Å². The fraction of sp³-hybridized carbons (Fsp3) is 0.200. The summed E-state index contributed by atoms with van der Waals surface area (Å²) in [6, 6.07) is 17.7. The molecule has 3 aromatic rings. The summed E-state index contributed by atoms with van der Waals surface area (Å²) in [6.07, 6.45) is 0. The molecule has 0 fully saturated rings. The first-order valence-corrected chi connectivity index (χ1v) is 9.66. The van der Waals surface area contributed by atoms with E-state index in [2.05, 4.69) is 4.72 Å². The number of benzene rings is 3. The summed E-state index contributed by atoms with van der Waals surface area (Å²) < 4.78 is 38.8. The molecule has 5 nitrogen and oxygen atoms in total. The smallest absolute Gasteiger partial charge is 0.241 e. The average Bonchev–Trinajstić information content (AvgIpc) is 2.66. The van der Waals surface area contributed by atoms with Gasteiger partial charge in [0.05, 0.1) is 19.1 Å². The molecule has 0 aromatic heterocycles. The molecule has 3 aromatic carbocycles. The number of fused-ring (bicyclic) bond motifs is 1. The topological polar surface area (TPSA) is 64.6 Å². The highest BCUT2D eigenvalue weighted by atomic mass is 32.2. The summed E-state index contributed by atoms with van der Waals surface area (Å²) in [4.78, 5) is 0.239. The molecule has 0 saturated carbocycles. The van der Waals surface area contributed by atoms with E-state index in [-0.39, 0.29) is 4.90 Å². The van der Waals surface area contributed by atoms with Crippen LogP contribution in [-0.2, 0) is 10.0 Å². The van der Waals surface area contributed by atoms with E-state index in [1.54, 1.807) is 45.4 Å². The molecule has 3 rings (SSSR count). The van der Waals surface area contributed by atoms with Crippen molar-refractivity contribution >= 4 is 20.8 Å². The van der Waals surface area contributed by atoms with Gasteiger partial charge in [0.2, 0.25) is 10.0 Å². The van der Waals surface area contributed by atoms with Gasteiger partial charge in [-0.3, -0.25) is 0 Å². The molecule has 26 heavy (non-hydrogen) atoms. The molecule has 0 aliphatic heterocycles. The summed E-state index contributed by atoms with van der Waals surface area (Å²) in [5.74, 6) is 1.16. The summed E-state index contributed by atoms with van der Waals surface area (Å²) in [7, 11) is -0.550. The Morgan fingerprint density at radius 1 is 0.846 bits per heavy atom. The van der Waals surface area contributed by atoms with E-state index in [0.717, 1.165) is 16.3 Å². The van der Waals surface area contributed by atoms with Crippen molar-refractivity contribution in [1.29, 1.82) is 0 Å². The average molecular weight is 371 g/mol. The third kappa shape index (κ3) is 3.66. The maximum atomic E-state index is 12.8. The van der Waals surface area contributed by atoms with Crippen molar-refractivity contribution in [3.63, 3.8) is 0 Å². The highest BCUT2D eigenvalue weighted by molar-refractivity contribution is 7.89. The van der Waals surface area contributed by atoms with Crippen LogP contribution in [-0.4, -0.2) is 22.6 Å². The lowest BCUT2D eigenvalue weighted by Gasteiger charge is -2.17. The van der Waals surface area contributed by atoms with Crippen LogP contribution in [0.3, 0.4) is 0 Å². The molecule has 136 valence electrons. The molecule has 0 spiro atoms. The number of sulfonamides is 1. The number of hydrogen-bond donors (Lipinski definition) is 1. The zero-order valence-electron chi connectivity index (χ0n) is 14.9. The van der Waals surface area contributed by atoms with Crippen molar-refractivity contribution in [2.24, 2.45) is 0 Å². The normalized spacial score (nSPS) is 12.7. The number of methoxy groups -OCH3 is 2. The van der Waals surface area contributed by atoms with Crippen molar-refractivity contribution in [2.75, 3.05) is 14.2 Å². The maximum absolute atomic E-state index is 12.8. The van der Waals surface area contributed by atoms with E-state index in [1.807, 2.05) is 36.4 Å². The molecule has 0 amide bonds. The molecule has 0 heterocycles. The van der Waals surface area contributed by atoms with E-state index in [4.69, 9.17) is 9.47 Å². The molecular formula is C20H21NO4S. The van der Waals surface area contributed by atoms with Gasteiger partial charge in [-0.25, -0.2) is 13.1 Å². The molecule has 0 unspecified atom stereocenters. The zero-order valence-corrected chi connectivity index (χ0v) is 15.7. The Bertz CT molecular complexity index is 1030. The predicted octanol–water partition coefficient (Wildman–Crippen LogP) is 3.90. The summed E-state index contributed by atoms with van der Waals surface area (Å²) in [5.41, 5.74) is 0.784. The Morgan fingerprint density at radius 3 is 2.23 bits per heavy atom. The molecule has 0 aliphatic carbocycles. The van der Waals surface area contributed by atoms with Crippen LogP contribution < -0.4 is 14.2 Å². The fourth-order valence-electron chi connectivity index (χ4n) is 2.83. The molecule has 0 saturated heterocycles. The number of rotatable bonds is 6. The van der Waals surface area contributed by atoms with Crippen LogP contribution in [0.25, 0.3) is 10.8 Å². The quantitative estimate of drug-likeness (QED) is 0.714. The van der Waals surface area contributed by atoms with Gasteiger partial charge in [-0.15, -0.1) is 0 Å². The van der Waals surface area contributed by atoms with E-state index >= 15 is 0 Å². The molecule has 0 bridgehead atoms. The summed E-state index contributed by atoms with van der Waals surface area (Å²) >= 11 is 0. The third-order valence-electron chi connectivity index (χ3n) is 4.27. The van der Waals surface area contributed by atoms with Crippen molar-refractivity contribution in [3.05, 3.63) is 66.2 Å². The lowest BCUT2D eigenvalue weighted by Crippen LogP contribution is -2.26. The summed E-state index contributed by atoms with van der Waals surface area (Å²) in [5, 5.41) is 1.88. The van der Waals surface area contributed by atoms with E-state index in [0.29, 0.717) is 11.5 Å². The zero-order chi connectivity index (χ0) is 18.7. The molecule has 0 aliphatic rings. The largest absolute Gasteiger partial charge is 0.493 e. The highest BCUT2D eigenvalue weighted by Gasteiger charge is 2.19. The standard InChI is InChI=1S/C20H21NO4S/c1-14(16-9-11-19(24-2)20(13-16)25-3)21-26(22,23)18-10-8-15-6-4-5-7-17(15)12-18/h4-14,21H,1-3H3/t14-/m0/s1. The molecular weight excluding hydrogens is 350 g/mol. The monoisotopic (exact) mass is 371 g/mol. The van der Waals surface area contributed by atoms with Crippen LogP contribution in [0.5, 0.6) is 11.5 Å². The van der Waals surface area contributed by atoms with Crippen LogP contribution in [0.4, 0.5) is 0 Å². The van der Waals surface area contributed by atoms with Crippen LogP contribution in [0, 0.1) is 0 Å². The minimum atomic E-state index is -3.66. The Labute approximate surface area is 153 Å². The van der Waals surface area contributed by atoms with Gasteiger partial charge in [0, 0.05) is 6.04 Å². The van der Waals surface area contributed by atoms with Gasteiger partial charge in [-0.1, -0.05) is 36.4 Å². The number of nitrogens with one attached hydrogen (secondary N) is 1. The Kier molecular flexibility index (Phi) is 5.15. The Balaban J connectivity index is 1.88.